The number of aryl methyl sites for hydroxylation is 2. The molecule has 0 aliphatic rings. The Kier molecular flexibility index (Phi) is 5.31. The molecule has 1 atom stereocenters. The standard InChI is InChI=1S/C22H23NO4/c1-13-15(3)27-16(4)21(13)22(25)26-12-20(24)23-14(2)18-11-7-9-17-8-5-6-10-19(17)18/h5-11,14H,12H2,1-4H3,(H,23,24)/t14-/m1/s1. The van der Waals surface area contributed by atoms with Crippen LogP contribution in [0.3, 0.4) is 0 Å². The van der Waals surface area contributed by atoms with E-state index >= 15 is 0 Å². The van der Waals surface area contributed by atoms with E-state index in [0.29, 0.717) is 17.1 Å². The minimum atomic E-state index is -0.546. The molecule has 3 aromatic rings. The summed E-state index contributed by atoms with van der Waals surface area (Å²) in [5.41, 5.74) is 2.15. The molecule has 2 aromatic carbocycles. The lowest BCUT2D eigenvalue weighted by atomic mass is 10.00. The monoisotopic (exact) mass is 365 g/mol. The fourth-order valence-electron chi connectivity index (χ4n) is 3.29. The Hall–Kier alpha value is -3.08. The zero-order chi connectivity index (χ0) is 19.6. The molecule has 1 N–H and O–H groups in total. The van der Waals surface area contributed by atoms with Crippen LogP contribution < -0.4 is 5.32 Å². The van der Waals surface area contributed by atoms with Crippen LogP contribution in [0.4, 0.5) is 0 Å². The van der Waals surface area contributed by atoms with Gasteiger partial charge in [0.25, 0.3) is 5.91 Å². The molecular formula is C22H23NO4. The fraction of sp³-hybridized carbons (Fsp3) is 0.273. The molecule has 0 aliphatic carbocycles. The van der Waals surface area contributed by atoms with Crippen LogP contribution in [-0.2, 0) is 9.53 Å². The van der Waals surface area contributed by atoms with Gasteiger partial charge in [-0.3, -0.25) is 4.79 Å². The maximum atomic E-state index is 12.3. The summed E-state index contributed by atoms with van der Waals surface area (Å²) in [5.74, 6) is 0.280. The van der Waals surface area contributed by atoms with Crippen molar-refractivity contribution in [2.75, 3.05) is 6.61 Å². The van der Waals surface area contributed by atoms with Crippen molar-refractivity contribution in [1.29, 1.82) is 0 Å². The number of rotatable bonds is 5. The van der Waals surface area contributed by atoms with Crippen LogP contribution in [0.5, 0.6) is 0 Å². The van der Waals surface area contributed by atoms with Crippen molar-refractivity contribution >= 4 is 22.6 Å². The highest BCUT2D eigenvalue weighted by Gasteiger charge is 2.21. The van der Waals surface area contributed by atoms with Crippen molar-refractivity contribution in [3.05, 3.63) is 70.7 Å². The number of benzene rings is 2. The lowest BCUT2D eigenvalue weighted by Gasteiger charge is -2.16. The Bertz CT molecular complexity index is 997. The second-order valence-corrected chi connectivity index (χ2v) is 6.65. The predicted molar refractivity (Wildman–Crippen MR) is 104 cm³/mol. The lowest BCUT2D eigenvalue weighted by molar-refractivity contribution is -0.124. The second kappa shape index (κ2) is 7.66. The number of esters is 1. The molecule has 140 valence electrons. The first kappa shape index (κ1) is 18.7. The Morgan fingerprint density at radius 3 is 2.44 bits per heavy atom. The molecule has 1 aromatic heterocycles. The van der Waals surface area contributed by atoms with Gasteiger partial charge in [0.15, 0.2) is 6.61 Å². The SMILES string of the molecule is Cc1oc(C)c(C(=O)OCC(=O)N[C@H](C)c2cccc3ccccc23)c1C. The van der Waals surface area contributed by atoms with Gasteiger partial charge < -0.3 is 14.5 Å². The predicted octanol–water partition coefficient (Wildman–Crippen LogP) is 4.39. The van der Waals surface area contributed by atoms with E-state index in [9.17, 15) is 9.59 Å². The van der Waals surface area contributed by atoms with Gasteiger partial charge in [0.1, 0.15) is 17.1 Å². The van der Waals surface area contributed by atoms with Crippen molar-refractivity contribution in [3.63, 3.8) is 0 Å². The molecule has 0 aliphatic heterocycles. The van der Waals surface area contributed by atoms with Crippen LogP contribution in [-0.4, -0.2) is 18.5 Å². The third-order valence-electron chi connectivity index (χ3n) is 4.77. The molecule has 3 rings (SSSR count). The van der Waals surface area contributed by atoms with Crippen LogP contribution in [0, 0.1) is 20.8 Å². The quantitative estimate of drug-likeness (QED) is 0.681. The molecule has 0 radical (unpaired) electrons. The van der Waals surface area contributed by atoms with E-state index in [0.717, 1.165) is 21.9 Å². The largest absolute Gasteiger partial charge is 0.465 e. The van der Waals surface area contributed by atoms with Gasteiger partial charge in [-0.2, -0.15) is 0 Å². The first-order valence-electron chi connectivity index (χ1n) is 8.89. The molecule has 0 saturated carbocycles. The minimum absolute atomic E-state index is 0.207. The minimum Gasteiger partial charge on any atom is -0.465 e. The van der Waals surface area contributed by atoms with Crippen LogP contribution in [0.25, 0.3) is 10.8 Å². The summed E-state index contributed by atoms with van der Waals surface area (Å²) in [6, 6.07) is 13.8. The Morgan fingerprint density at radius 2 is 1.74 bits per heavy atom. The van der Waals surface area contributed by atoms with Crippen LogP contribution >= 0.6 is 0 Å². The average molecular weight is 365 g/mol. The smallest absolute Gasteiger partial charge is 0.342 e. The molecule has 27 heavy (non-hydrogen) atoms. The van der Waals surface area contributed by atoms with E-state index in [2.05, 4.69) is 5.32 Å². The summed E-state index contributed by atoms with van der Waals surface area (Å²) in [5, 5.41) is 5.09. The number of amides is 1. The normalized spacial score (nSPS) is 12.0. The average Bonchev–Trinajstić information content (AvgIpc) is 2.91. The van der Waals surface area contributed by atoms with Gasteiger partial charge in [0.05, 0.1) is 6.04 Å². The van der Waals surface area contributed by atoms with Gasteiger partial charge >= 0.3 is 5.97 Å². The first-order valence-corrected chi connectivity index (χ1v) is 8.89. The molecule has 0 spiro atoms. The highest BCUT2D eigenvalue weighted by atomic mass is 16.5. The first-order chi connectivity index (χ1) is 12.9. The van der Waals surface area contributed by atoms with Gasteiger partial charge in [-0.25, -0.2) is 4.79 Å². The number of furan rings is 1. The number of carbonyl (C=O) groups excluding carboxylic acids is 2. The van der Waals surface area contributed by atoms with Gasteiger partial charge in [0.2, 0.25) is 0 Å². The van der Waals surface area contributed by atoms with Crippen molar-refractivity contribution in [1.82, 2.24) is 5.32 Å². The van der Waals surface area contributed by atoms with Gasteiger partial charge in [-0.15, -0.1) is 0 Å². The van der Waals surface area contributed by atoms with Crippen molar-refractivity contribution < 1.29 is 18.7 Å². The van der Waals surface area contributed by atoms with Crippen molar-refractivity contribution in [2.24, 2.45) is 0 Å². The summed E-state index contributed by atoms with van der Waals surface area (Å²) in [6.07, 6.45) is 0. The molecule has 0 unspecified atom stereocenters. The number of ether oxygens (including phenoxy) is 1. The molecule has 0 saturated heterocycles. The van der Waals surface area contributed by atoms with Gasteiger partial charge in [-0.1, -0.05) is 42.5 Å². The Balaban J connectivity index is 1.64. The van der Waals surface area contributed by atoms with Crippen molar-refractivity contribution in [2.45, 2.75) is 33.7 Å². The van der Waals surface area contributed by atoms with Crippen LogP contribution in [0.2, 0.25) is 0 Å². The van der Waals surface area contributed by atoms with E-state index in [4.69, 9.17) is 9.15 Å². The molecule has 5 heteroatoms. The molecule has 1 heterocycles. The maximum Gasteiger partial charge on any atom is 0.342 e. The number of hydrogen-bond donors (Lipinski definition) is 1. The molecule has 0 bridgehead atoms. The zero-order valence-corrected chi connectivity index (χ0v) is 16.0. The Labute approximate surface area is 158 Å². The third-order valence-corrected chi connectivity index (χ3v) is 4.77. The number of fused-ring (bicyclic) bond motifs is 1. The Morgan fingerprint density at radius 1 is 1.04 bits per heavy atom. The number of hydrogen-bond acceptors (Lipinski definition) is 4. The highest BCUT2D eigenvalue weighted by molar-refractivity contribution is 5.94. The fourth-order valence-corrected chi connectivity index (χ4v) is 3.29. The summed E-state index contributed by atoms with van der Waals surface area (Å²) in [7, 11) is 0. The van der Waals surface area contributed by atoms with Crippen LogP contribution in [0.1, 0.15) is 46.0 Å². The van der Waals surface area contributed by atoms with E-state index in [1.807, 2.05) is 49.4 Å². The summed E-state index contributed by atoms with van der Waals surface area (Å²) in [4.78, 5) is 24.5. The van der Waals surface area contributed by atoms with Gasteiger partial charge in [-0.05, 0) is 44.0 Å². The van der Waals surface area contributed by atoms with Crippen molar-refractivity contribution in [3.8, 4) is 0 Å². The zero-order valence-electron chi connectivity index (χ0n) is 16.0. The maximum absolute atomic E-state index is 12.3. The molecule has 0 fully saturated rings. The highest BCUT2D eigenvalue weighted by Crippen LogP contribution is 2.24. The van der Waals surface area contributed by atoms with Gasteiger partial charge in [0, 0.05) is 5.56 Å². The third kappa shape index (κ3) is 3.87. The topological polar surface area (TPSA) is 68.5 Å². The molecule has 1 amide bonds. The second-order valence-electron chi connectivity index (χ2n) is 6.65. The van der Waals surface area contributed by atoms with E-state index < -0.39 is 5.97 Å². The summed E-state index contributed by atoms with van der Waals surface area (Å²) >= 11 is 0. The van der Waals surface area contributed by atoms with Crippen LogP contribution in [0.15, 0.2) is 46.9 Å². The van der Waals surface area contributed by atoms with E-state index in [1.54, 1.807) is 20.8 Å². The lowest BCUT2D eigenvalue weighted by Crippen LogP contribution is -2.31. The summed E-state index contributed by atoms with van der Waals surface area (Å²) < 4.78 is 10.6. The molecular weight excluding hydrogens is 342 g/mol. The number of nitrogens with one attached hydrogen (secondary N) is 1. The van der Waals surface area contributed by atoms with E-state index in [-0.39, 0.29) is 18.6 Å². The molecule has 5 nitrogen and oxygen atoms in total. The van der Waals surface area contributed by atoms with E-state index in [1.165, 1.54) is 0 Å². The number of carbonyl (C=O) groups is 2. The summed E-state index contributed by atoms with van der Waals surface area (Å²) in [6.45, 7) is 6.87.